The van der Waals surface area contributed by atoms with Crippen LogP contribution in [0.15, 0.2) is 60.7 Å². The molecule has 1 heterocycles. The van der Waals surface area contributed by atoms with Gasteiger partial charge in [-0.25, -0.2) is 0 Å². The molecule has 0 saturated carbocycles. The van der Waals surface area contributed by atoms with Crippen LogP contribution in [0, 0.1) is 0 Å². The Labute approximate surface area is 135 Å². The first-order valence-corrected chi connectivity index (χ1v) is 7.71. The van der Waals surface area contributed by atoms with Crippen molar-refractivity contribution in [3.8, 4) is 11.3 Å². The van der Waals surface area contributed by atoms with Crippen molar-refractivity contribution in [2.24, 2.45) is 5.73 Å². The van der Waals surface area contributed by atoms with Gasteiger partial charge in [0.25, 0.3) is 0 Å². The minimum absolute atomic E-state index is 0.588. The maximum atomic E-state index is 6.35. The van der Waals surface area contributed by atoms with Gasteiger partial charge in [-0.3, -0.25) is 4.68 Å². The van der Waals surface area contributed by atoms with Gasteiger partial charge in [-0.15, -0.1) is 0 Å². The van der Waals surface area contributed by atoms with Gasteiger partial charge in [-0.05, 0) is 24.2 Å². The molecule has 3 rings (SSSR count). The van der Waals surface area contributed by atoms with Crippen molar-refractivity contribution in [2.75, 3.05) is 6.54 Å². The Morgan fingerprint density at radius 2 is 1.73 bits per heavy atom. The lowest BCUT2D eigenvalue weighted by molar-refractivity contribution is 0.677. The summed E-state index contributed by atoms with van der Waals surface area (Å²) in [6.45, 7) is 1.30. The van der Waals surface area contributed by atoms with Crippen LogP contribution < -0.4 is 5.73 Å². The van der Waals surface area contributed by atoms with Gasteiger partial charge in [0.2, 0.25) is 0 Å². The molecule has 3 nitrogen and oxygen atoms in total. The lowest BCUT2D eigenvalue weighted by Crippen LogP contribution is -2.06. The molecule has 0 amide bonds. The molecule has 0 unspecified atom stereocenters. The first-order valence-electron chi connectivity index (χ1n) is 7.33. The minimum Gasteiger partial charge on any atom is -0.330 e. The summed E-state index contributed by atoms with van der Waals surface area (Å²) >= 11 is 6.35. The zero-order valence-corrected chi connectivity index (χ0v) is 13.0. The van der Waals surface area contributed by atoms with Crippen LogP contribution in [-0.2, 0) is 13.0 Å². The number of hydrogen-bond acceptors (Lipinski definition) is 2. The van der Waals surface area contributed by atoms with Crippen LogP contribution in [0.2, 0.25) is 5.02 Å². The number of hydrogen-bond donors (Lipinski definition) is 1. The van der Waals surface area contributed by atoms with Crippen molar-refractivity contribution in [1.82, 2.24) is 9.78 Å². The van der Waals surface area contributed by atoms with Gasteiger partial charge in [0, 0.05) is 17.0 Å². The van der Waals surface area contributed by atoms with Gasteiger partial charge in [0.15, 0.2) is 0 Å². The van der Waals surface area contributed by atoms with E-state index in [-0.39, 0.29) is 0 Å². The first kappa shape index (κ1) is 14.8. The molecule has 22 heavy (non-hydrogen) atoms. The van der Waals surface area contributed by atoms with Gasteiger partial charge in [0.05, 0.1) is 17.9 Å². The molecular formula is C18H18ClN3. The molecule has 0 saturated heterocycles. The van der Waals surface area contributed by atoms with E-state index in [1.165, 1.54) is 5.56 Å². The van der Waals surface area contributed by atoms with E-state index in [0.717, 1.165) is 28.4 Å². The Balaban J connectivity index is 2.02. The van der Waals surface area contributed by atoms with E-state index in [0.29, 0.717) is 13.1 Å². The summed E-state index contributed by atoms with van der Waals surface area (Å²) in [4.78, 5) is 0. The number of rotatable bonds is 5. The number of aromatic nitrogens is 2. The number of nitrogens with two attached hydrogens (primary N) is 1. The average molecular weight is 312 g/mol. The van der Waals surface area contributed by atoms with Gasteiger partial charge < -0.3 is 5.73 Å². The smallest absolute Gasteiger partial charge is 0.0704 e. The lowest BCUT2D eigenvalue weighted by atomic mass is 10.1. The van der Waals surface area contributed by atoms with E-state index in [2.05, 4.69) is 18.2 Å². The molecule has 0 radical (unpaired) electrons. The quantitative estimate of drug-likeness (QED) is 0.780. The van der Waals surface area contributed by atoms with Gasteiger partial charge in [-0.1, -0.05) is 60.1 Å². The van der Waals surface area contributed by atoms with Crippen LogP contribution in [0.5, 0.6) is 0 Å². The van der Waals surface area contributed by atoms with Crippen molar-refractivity contribution in [3.63, 3.8) is 0 Å². The van der Waals surface area contributed by atoms with Crippen molar-refractivity contribution < 1.29 is 0 Å². The molecule has 2 aromatic carbocycles. The summed E-state index contributed by atoms with van der Waals surface area (Å²) in [6, 6.07) is 20.2. The van der Waals surface area contributed by atoms with Crippen molar-refractivity contribution in [2.45, 2.75) is 13.0 Å². The van der Waals surface area contributed by atoms with Crippen LogP contribution in [0.1, 0.15) is 11.3 Å². The highest BCUT2D eigenvalue weighted by atomic mass is 35.5. The fraction of sp³-hybridized carbons (Fsp3) is 0.167. The lowest BCUT2D eigenvalue weighted by Gasteiger charge is -2.09. The maximum Gasteiger partial charge on any atom is 0.0704 e. The first-order chi connectivity index (χ1) is 10.8. The van der Waals surface area contributed by atoms with E-state index >= 15 is 0 Å². The fourth-order valence-electron chi connectivity index (χ4n) is 2.50. The Hall–Kier alpha value is -2.10. The molecule has 0 bridgehead atoms. The highest BCUT2D eigenvalue weighted by Gasteiger charge is 2.12. The van der Waals surface area contributed by atoms with Crippen molar-refractivity contribution in [3.05, 3.63) is 76.9 Å². The number of nitrogens with zero attached hydrogens (tertiary/aromatic N) is 2. The summed E-state index contributed by atoms with van der Waals surface area (Å²) in [5.41, 5.74) is 9.89. The topological polar surface area (TPSA) is 43.8 Å². The third-order valence-corrected chi connectivity index (χ3v) is 3.89. The summed E-state index contributed by atoms with van der Waals surface area (Å²) < 4.78 is 2.00. The number of benzene rings is 2. The van der Waals surface area contributed by atoms with E-state index < -0.39 is 0 Å². The van der Waals surface area contributed by atoms with Gasteiger partial charge in [0.1, 0.15) is 0 Å². The standard InChI is InChI=1S/C18H18ClN3/c19-17-9-5-4-8-16(17)18-12-15(10-11-20)21-22(18)13-14-6-2-1-3-7-14/h1-9,12H,10-11,13,20H2. The van der Waals surface area contributed by atoms with E-state index in [1.807, 2.05) is 47.1 Å². The molecule has 0 atom stereocenters. The monoisotopic (exact) mass is 311 g/mol. The molecule has 0 fully saturated rings. The Morgan fingerprint density at radius 1 is 1.00 bits per heavy atom. The molecule has 0 aliphatic heterocycles. The van der Waals surface area contributed by atoms with Gasteiger partial charge in [-0.2, -0.15) is 5.10 Å². The highest BCUT2D eigenvalue weighted by Crippen LogP contribution is 2.28. The fourth-order valence-corrected chi connectivity index (χ4v) is 2.74. The zero-order valence-electron chi connectivity index (χ0n) is 12.2. The molecule has 0 aliphatic rings. The third-order valence-electron chi connectivity index (χ3n) is 3.56. The maximum absolute atomic E-state index is 6.35. The van der Waals surface area contributed by atoms with Crippen LogP contribution in [0.25, 0.3) is 11.3 Å². The highest BCUT2D eigenvalue weighted by molar-refractivity contribution is 6.33. The van der Waals surface area contributed by atoms with Gasteiger partial charge >= 0.3 is 0 Å². The summed E-state index contributed by atoms with van der Waals surface area (Å²) in [6.07, 6.45) is 0.763. The van der Waals surface area contributed by atoms with E-state index in [1.54, 1.807) is 0 Å². The van der Waals surface area contributed by atoms with Crippen LogP contribution in [0.3, 0.4) is 0 Å². The molecule has 4 heteroatoms. The largest absolute Gasteiger partial charge is 0.330 e. The van der Waals surface area contributed by atoms with Crippen molar-refractivity contribution in [1.29, 1.82) is 0 Å². The van der Waals surface area contributed by atoms with Crippen LogP contribution in [0.4, 0.5) is 0 Å². The van der Waals surface area contributed by atoms with Crippen molar-refractivity contribution >= 4 is 11.6 Å². The summed E-state index contributed by atoms with van der Waals surface area (Å²) in [7, 11) is 0. The summed E-state index contributed by atoms with van der Waals surface area (Å²) in [5, 5.41) is 5.42. The predicted molar refractivity (Wildman–Crippen MR) is 91.0 cm³/mol. The normalized spacial score (nSPS) is 10.8. The average Bonchev–Trinajstić information content (AvgIpc) is 2.91. The second-order valence-electron chi connectivity index (χ2n) is 5.18. The minimum atomic E-state index is 0.588. The molecule has 0 spiro atoms. The Kier molecular flexibility index (Phi) is 4.56. The van der Waals surface area contributed by atoms with Crippen LogP contribution >= 0.6 is 11.6 Å². The molecule has 3 aromatic rings. The third kappa shape index (κ3) is 3.21. The molecule has 112 valence electrons. The zero-order chi connectivity index (χ0) is 15.4. The summed E-state index contributed by atoms with van der Waals surface area (Å²) in [5.74, 6) is 0. The van der Waals surface area contributed by atoms with E-state index in [9.17, 15) is 0 Å². The Bertz CT molecular complexity index is 750. The molecular weight excluding hydrogens is 294 g/mol. The second-order valence-corrected chi connectivity index (χ2v) is 5.59. The molecule has 1 aromatic heterocycles. The van der Waals surface area contributed by atoms with Crippen LogP contribution in [-0.4, -0.2) is 16.3 Å². The predicted octanol–water partition coefficient (Wildman–Crippen LogP) is 3.75. The molecule has 2 N–H and O–H groups in total. The SMILES string of the molecule is NCCc1cc(-c2ccccc2Cl)n(Cc2ccccc2)n1. The second kappa shape index (κ2) is 6.77. The van der Waals surface area contributed by atoms with E-state index in [4.69, 9.17) is 22.4 Å². The molecule has 0 aliphatic carbocycles. The Morgan fingerprint density at radius 3 is 2.45 bits per heavy atom. The number of halogens is 1.